The molecule has 0 aromatic heterocycles. The average molecular weight is 414 g/mol. The summed E-state index contributed by atoms with van der Waals surface area (Å²) >= 11 is 3.42. The predicted octanol–water partition coefficient (Wildman–Crippen LogP) is 1.98. The zero-order valence-electron chi connectivity index (χ0n) is 15.4. The Kier molecular flexibility index (Phi) is 7.49. The molecule has 150 valence electrons. The molecule has 3 fully saturated rings. The van der Waals surface area contributed by atoms with Crippen LogP contribution in [0, 0.1) is 5.92 Å². The van der Waals surface area contributed by atoms with E-state index >= 15 is 0 Å². The van der Waals surface area contributed by atoms with Crippen LogP contribution < -0.4 is 16.0 Å². The molecule has 2 heterocycles. The summed E-state index contributed by atoms with van der Waals surface area (Å²) in [6.45, 7) is 1.88. The minimum atomic E-state index is -0.741. The number of hydrogen-bond acceptors (Lipinski definition) is 7. The van der Waals surface area contributed by atoms with Crippen molar-refractivity contribution in [3.8, 4) is 0 Å². The Morgan fingerprint density at radius 3 is 2.81 bits per heavy atom. The van der Waals surface area contributed by atoms with Crippen LogP contribution in [0.15, 0.2) is 12.2 Å². The van der Waals surface area contributed by atoms with E-state index in [1.54, 1.807) is 13.0 Å². The van der Waals surface area contributed by atoms with Gasteiger partial charge in [0, 0.05) is 17.4 Å². The number of amides is 3. The second-order valence-electron chi connectivity index (χ2n) is 6.92. The molecule has 1 saturated carbocycles. The van der Waals surface area contributed by atoms with Gasteiger partial charge in [0.25, 0.3) is 0 Å². The van der Waals surface area contributed by atoms with Gasteiger partial charge in [0.1, 0.15) is 0 Å². The van der Waals surface area contributed by atoms with Gasteiger partial charge in [-0.15, -0.1) is 23.5 Å². The maximum absolute atomic E-state index is 12.3. The summed E-state index contributed by atoms with van der Waals surface area (Å²) in [5, 5.41) is 9.19. The molecular formula is C18H27N3O4S2. The van der Waals surface area contributed by atoms with E-state index in [-0.39, 0.29) is 23.3 Å². The van der Waals surface area contributed by atoms with Gasteiger partial charge < -0.3 is 10.1 Å². The molecule has 3 N–H and O–H groups in total. The average Bonchev–Trinajstić information content (AvgIpc) is 3.26. The van der Waals surface area contributed by atoms with E-state index in [0.717, 1.165) is 5.75 Å². The summed E-state index contributed by atoms with van der Waals surface area (Å²) in [4.78, 5) is 35.9. The third kappa shape index (κ3) is 5.65. The SMILES string of the molecule is CCOC(=O)NC(=O)C1CCSC1NC(=O)/C=C/C1NC2CCCCC2S1. The second kappa shape index (κ2) is 9.84. The Hall–Kier alpha value is -1.19. The summed E-state index contributed by atoms with van der Waals surface area (Å²) in [6, 6.07) is 0.558. The molecule has 9 heteroatoms. The molecule has 0 bridgehead atoms. The number of rotatable bonds is 5. The summed E-state index contributed by atoms with van der Waals surface area (Å²) in [5.74, 6) is -0.275. The van der Waals surface area contributed by atoms with Crippen molar-refractivity contribution in [1.82, 2.24) is 16.0 Å². The van der Waals surface area contributed by atoms with Gasteiger partial charge in [0.2, 0.25) is 11.8 Å². The summed E-state index contributed by atoms with van der Waals surface area (Å²) in [5.41, 5.74) is 0. The lowest BCUT2D eigenvalue weighted by Crippen LogP contribution is -2.44. The van der Waals surface area contributed by atoms with E-state index in [9.17, 15) is 14.4 Å². The fourth-order valence-corrected chi connectivity index (χ4v) is 6.56. The number of nitrogens with one attached hydrogen (secondary N) is 3. The quantitative estimate of drug-likeness (QED) is 0.593. The number of fused-ring (bicyclic) bond motifs is 1. The Morgan fingerprint density at radius 2 is 2.04 bits per heavy atom. The first-order valence-corrected chi connectivity index (χ1v) is 11.6. The van der Waals surface area contributed by atoms with Gasteiger partial charge in [0.15, 0.2) is 0 Å². The molecule has 5 unspecified atom stereocenters. The zero-order chi connectivity index (χ0) is 19.2. The van der Waals surface area contributed by atoms with E-state index in [1.165, 1.54) is 37.4 Å². The monoisotopic (exact) mass is 413 g/mol. The van der Waals surface area contributed by atoms with Crippen LogP contribution in [0.5, 0.6) is 0 Å². The Labute approximate surface area is 168 Å². The standard InChI is InChI=1S/C18H27N3O4S2/c1-2-25-18(24)21-16(23)11-9-10-26-17(11)20-14(22)7-8-15-19-12-5-3-4-6-13(12)27-15/h7-8,11-13,15,17,19H,2-6,9-10H2,1H3,(H,20,22)(H,21,23,24)/b8-7+. The zero-order valence-corrected chi connectivity index (χ0v) is 17.1. The van der Waals surface area contributed by atoms with E-state index in [4.69, 9.17) is 4.74 Å². The second-order valence-corrected chi connectivity index (χ2v) is 9.55. The van der Waals surface area contributed by atoms with Crippen LogP contribution in [-0.4, -0.2) is 52.3 Å². The largest absolute Gasteiger partial charge is 0.450 e. The minimum absolute atomic E-state index is 0.169. The van der Waals surface area contributed by atoms with E-state index in [2.05, 4.69) is 16.0 Å². The van der Waals surface area contributed by atoms with Crippen LogP contribution in [-0.2, 0) is 14.3 Å². The molecule has 1 aliphatic carbocycles. The molecule has 3 aliphatic rings. The van der Waals surface area contributed by atoms with Crippen molar-refractivity contribution in [1.29, 1.82) is 0 Å². The van der Waals surface area contributed by atoms with Gasteiger partial charge in [0.05, 0.1) is 23.3 Å². The number of alkyl carbamates (subject to hydrolysis) is 1. The summed E-state index contributed by atoms with van der Waals surface area (Å²) in [6.07, 6.45) is 8.37. The number of imide groups is 1. The molecule has 7 nitrogen and oxygen atoms in total. The lowest BCUT2D eigenvalue weighted by atomic mass is 9.95. The number of hydrogen-bond donors (Lipinski definition) is 3. The third-order valence-corrected chi connectivity index (χ3v) is 7.82. The van der Waals surface area contributed by atoms with Crippen molar-refractivity contribution in [2.24, 2.45) is 5.92 Å². The smallest absolute Gasteiger partial charge is 0.413 e. The number of carbonyl (C=O) groups excluding carboxylic acids is 3. The van der Waals surface area contributed by atoms with Crippen LogP contribution in [0.1, 0.15) is 39.0 Å². The van der Waals surface area contributed by atoms with Crippen molar-refractivity contribution in [3.05, 3.63) is 12.2 Å². The van der Waals surface area contributed by atoms with Crippen LogP contribution >= 0.6 is 23.5 Å². The van der Waals surface area contributed by atoms with Crippen LogP contribution in [0.3, 0.4) is 0 Å². The number of carbonyl (C=O) groups is 3. The highest BCUT2D eigenvalue weighted by Gasteiger charge is 2.36. The van der Waals surface area contributed by atoms with Crippen molar-refractivity contribution in [2.75, 3.05) is 12.4 Å². The van der Waals surface area contributed by atoms with Crippen LogP contribution in [0.2, 0.25) is 0 Å². The highest BCUT2D eigenvalue weighted by atomic mass is 32.2. The molecule has 3 amide bonds. The maximum Gasteiger partial charge on any atom is 0.413 e. The van der Waals surface area contributed by atoms with Gasteiger partial charge in [-0.2, -0.15) is 0 Å². The highest BCUT2D eigenvalue weighted by molar-refractivity contribution is 8.01. The molecule has 27 heavy (non-hydrogen) atoms. The molecule has 3 rings (SSSR count). The first-order chi connectivity index (χ1) is 13.1. The van der Waals surface area contributed by atoms with E-state index in [1.807, 2.05) is 17.8 Å². The Balaban J connectivity index is 1.46. The van der Waals surface area contributed by atoms with Gasteiger partial charge in [-0.3, -0.25) is 20.2 Å². The van der Waals surface area contributed by atoms with Crippen LogP contribution in [0.25, 0.3) is 0 Å². The van der Waals surface area contributed by atoms with Crippen molar-refractivity contribution in [3.63, 3.8) is 0 Å². The van der Waals surface area contributed by atoms with Crippen LogP contribution in [0.4, 0.5) is 4.79 Å². The van der Waals surface area contributed by atoms with E-state index < -0.39 is 17.9 Å². The van der Waals surface area contributed by atoms with Crippen molar-refractivity contribution < 1.29 is 19.1 Å². The Morgan fingerprint density at radius 1 is 1.22 bits per heavy atom. The van der Waals surface area contributed by atoms with Gasteiger partial charge in [-0.25, -0.2) is 4.79 Å². The molecular weight excluding hydrogens is 386 g/mol. The fraction of sp³-hybridized carbons (Fsp3) is 0.722. The van der Waals surface area contributed by atoms with Crippen molar-refractivity contribution in [2.45, 2.75) is 61.1 Å². The third-order valence-electron chi connectivity index (χ3n) is 5.04. The molecule has 0 aromatic rings. The molecule has 0 aromatic carbocycles. The number of thioether (sulfide) groups is 2. The van der Waals surface area contributed by atoms with Gasteiger partial charge >= 0.3 is 6.09 Å². The molecule has 2 saturated heterocycles. The molecule has 0 radical (unpaired) electrons. The first kappa shape index (κ1) is 20.5. The fourth-order valence-electron chi connectivity index (χ4n) is 3.71. The number of ether oxygens (including phenoxy) is 1. The molecule has 0 spiro atoms. The lowest BCUT2D eigenvalue weighted by Gasteiger charge is -2.23. The minimum Gasteiger partial charge on any atom is -0.450 e. The molecule has 5 atom stereocenters. The van der Waals surface area contributed by atoms with E-state index in [0.29, 0.717) is 17.7 Å². The van der Waals surface area contributed by atoms with Gasteiger partial charge in [-0.1, -0.05) is 18.9 Å². The lowest BCUT2D eigenvalue weighted by molar-refractivity contribution is -0.124. The first-order valence-electron chi connectivity index (χ1n) is 9.56. The normalized spacial score (nSPS) is 32.9. The van der Waals surface area contributed by atoms with Gasteiger partial charge in [-0.05, 0) is 31.9 Å². The topological polar surface area (TPSA) is 96.5 Å². The molecule has 2 aliphatic heterocycles. The summed E-state index contributed by atoms with van der Waals surface area (Å²) < 4.78 is 4.74. The maximum atomic E-state index is 12.3. The van der Waals surface area contributed by atoms with Crippen molar-refractivity contribution >= 4 is 41.4 Å². The Bertz CT molecular complexity index is 587. The summed E-state index contributed by atoms with van der Waals surface area (Å²) in [7, 11) is 0. The highest BCUT2D eigenvalue weighted by Crippen LogP contribution is 2.37. The predicted molar refractivity (Wildman–Crippen MR) is 107 cm³/mol.